The second kappa shape index (κ2) is 8.75. The summed E-state index contributed by atoms with van der Waals surface area (Å²) in [5.74, 6) is -0.503. The highest BCUT2D eigenvalue weighted by Crippen LogP contribution is 2.23. The van der Waals surface area contributed by atoms with Crippen molar-refractivity contribution in [2.75, 3.05) is 5.32 Å². The fourth-order valence-corrected chi connectivity index (χ4v) is 3.42. The number of nitrogens with one attached hydrogen (secondary N) is 1. The van der Waals surface area contributed by atoms with Crippen LogP contribution in [0.5, 0.6) is 0 Å². The molecule has 0 radical (unpaired) electrons. The molecule has 3 rings (SSSR count). The van der Waals surface area contributed by atoms with Crippen molar-refractivity contribution in [2.45, 2.75) is 33.4 Å². The quantitative estimate of drug-likeness (QED) is 0.404. The monoisotopic (exact) mass is 480 g/mol. The van der Waals surface area contributed by atoms with E-state index in [4.69, 9.17) is 11.6 Å². The molecule has 11 heteroatoms. The summed E-state index contributed by atoms with van der Waals surface area (Å²) >= 11 is 9.01. The Morgan fingerprint density at radius 3 is 2.59 bits per heavy atom. The summed E-state index contributed by atoms with van der Waals surface area (Å²) in [4.78, 5) is 22.6. The average molecular weight is 482 g/mol. The molecule has 0 unspecified atom stereocenters. The van der Waals surface area contributed by atoms with Crippen LogP contribution in [-0.2, 0) is 17.9 Å². The van der Waals surface area contributed by atoms with Gasteiger partial charge < -0.3 is 15.4 Å². The molecule has 9 nitrogen and oxygen atoms in total. The summed E-state index contributed by atoms with van der Waals surface area (Å²) in [7, 11) is 0. The largest absolute Gasteiger partial charge is 0.404 e. The van der Waals surface area contributed by atoms with Gasteiger partial charge in [-0.2, -0.15) is 9.78 Å². The zero-order valence-corrected chi connectivity index (χ0v) is 18.1. The van der Waals surface area contributed by atoms with E-state index in [-0.39, 0.29) is 29.2 Å². The van der Waals surface area contributed by atoms with Crippen molar-refractivity contribution >= 4 is 44.9 Å². The van der Waals surface area contributed by atoms with E-state index < -0.39 is 4.92 Å². The lowest BCUT2D eigenvalue weighted by Gasteiger charge is -2.07. The van der Waals surface area contributed by atoms with Crippen molar-refractivity contribution in [1.29, 1.82) is 0 Å². The van der Waals surface area contributed by atoms with Crippen molar-refractivity contribution in [1.82, 2.24) is 19.6 Å². The lowest BCUT2D eigenvalue weighted by molar-refractivity contribution is -0.390. The molecule has 0 aliphatic rings. The van der Waals surface area contributed by atoms with Crippen LogP contribution in [0.4, 0.5) is 11.5 Å². The average Bonchev–Trinajstić information content (AvgIpc) is 3.17. The van der Waals surface area contributed by atoms with Gasteiger partial charge in [-0.15, -0.1) is 0 Å². The van der Waals surface area contributed by atoms with Crippen molar-refractivity contribution in [2.24, 2.45) is 0 Å². The molecule has 0 bridgehead atoms. The smallest absolute Gasteiger partial charge is 0.358 e. The van der Waals surface area contributed by atoms with Gasteiger partial charge in [0.2, 0.25) is 5.91 Å². The number of carbonyl (C=O) groups excluding carboxylic acids is 1. The summed E-state index contributed by atoms with van der Waals surface area (Å²) in [5.41, 5.74) is 3.26. The van der Waals surface area contributed by atoms with Gasteiger partial charge in [-0.05, 0) is 52.4 Å². The van der Waals surface area contributed by atoms with Gasteiger partial charge in [0.25, 0.3) is 0 Å². The molecule has 3 aromatic rings. The predicted octanol–water partition coefficient (Wildman–Crippen LogP) is 4.10. The highest BCUT2D eigenvalue weighted by atomic mass is 79.9. The first kappa shape index (κ1) is 21.0. The summed E-state index contributed by atoms with van der Waals surface area (Å²) in [6.07, 6.45) is 1.60. The van der Waals surface area contributed by atoms with Crippen LogP contribution >= 0.6 is 27.5 Å². The van der Waals surface area contributed by atoms with E-state index >= 15 is 0 Å². The Morgan fingerprint density at radius 2 is 1.97 bits per heavy atom. The van der Waals surface area contributed by atoms with E-state index in [0.717, 1.165) is 11.3 Å². The minimum absolute atomic E-state index is 0.118. The molecule has 0 saturated carbocycles. The van der Waals surface area contributed by atoms with Crippen LogP contribution in [-0.4, -0.2) is 30.4 Å². The molecule has 2 heterocycles. The third-order valence-electron chi connectivity index (χ3n) is 4.33. The highest BCUT2D eigenvalue weighted by molar-refractivity contribution is 9.10. The molecular weight excluding hydrogens is 464 g/mol. The Balaban J connectivity index is 1.64. The summed E-state index contributed by atoms with van der Waals surface area (Å²) < 4.78 is 3.46. The fraction of sp³-hybridized carbons (Fsp3) is 0.278. The van der Waals surface area contributed by atoms with Crippen LogP contribution in [0.15, 0.2) is 34.9 Å². The Morgan fingerprint density at radius 1 is 1.28 bits per heavy atom. The molecule has 0 fully saturated rings. The van der Waals surface area contributed by atoms with Crippen molar-refractivity contribution in [3.8, 4) is 0 Å². The number of aryl methyl sites for hydroxylation is 2. The maximum absolute atomic E-state index is 12.4. The number of nitrogens with zero attached hydrogens (tertiary/aromatic N) is 5. The number of aromatic nitrogens is 4. The zero-order chi connectivity index (χ0) is 21.1. The van der Waals surface area contributed by atoms with Crippen LogP contribution in [0.3, 0.4) is 0 Å². The van der Waals surface area contributed by atoms with Gasteiger partial charge in [-0.1, -0.05) is 23.7 Å². The summed E-state index contributed by atoms with van der Waals surface area (Å²) in [5, 5.41) is 22.7. The molecule has 0 aliphatic heterocycles. The van der Waals surface area contributed by atoms with Gasteiger partial charge in [-0.25, -0.2) is 0 Å². The van der Waals surface area contributed by atoms with Crippen LogP contribution < -0.4 is 5.32 Å². The molecule has 152 valence electrons. The Hall–Kier alpha value is -2.72. The molecule has 1 amide bonds. The molecule has 0 atom stereocenters. The van der Waals surface area contributed by atoms with Crippen molar-refractivity contribution in [3.05, 3.63) is 67.0 Å². The first-order valence-corrected chi connectivity index (χ1v) is 9.87. The molecule has 2 aromatic heterocycles. The van der Waals surface area contributed by atoms with Crippen LogP contribution in [0.25, 0.3) is 0 Å². The van der Waals surface area contributed by atoms with E-state index in [2.05, 4.69) is 31.4 Å². The van der Waals surface area contributed by atoms with Gasteiger partial charge in [0.05, 0.1) is 41.5 Å². The number of halogens is 2. The van der Waals surface area contributed by atoms with E-state index in [1.807, 2.05) is 42.8 Å². The highest BCUT2D eigenvalue weighted by Gasteiger charge is 2.19. The topological polar surface area (TPSA) is 108 Å². The summed E-state index contributed by atoms with van der Waals surface area (Å²) in [6.45, 7) is 4.49. The number of amides is 1. The Labute approximate surface area is 179 Å². The molecule has 0 spiro atoms. The molecule has 0 saturated heterocycles. The fourth-order valence-electron chi connectivity index (χ4n) is 2.84. The zero-order valence-electron chi connectivity index (χ0n) is 15.7. The number of nitro groups is 1. The molecular formula is C18H18BrClN6O3. The second-order valence-electron chi connectivity index (χ2n) is 6.45. The maximum atomic E-state index is 12.4. The van der Waals surface area contributed by atoms with Gasteiger partial charge in [0.1, 0.15) is 4.47 Å². The number of benzene rings is 1. The number of anilines is 1. The lowest BCUT2D eigenvalue weighted by atomic mass is 10.2. The first-order valence-electron chi connectivity index (χ1n) is 8.70. The van der Waals surface area contributed by atoms with Gasteiger partial charge in [0.15, 0.2) is 0 Å². The SMILES string of the molecule is Cc1nn(Cc2ccc(Cl)cc2)c(C)c1NC(=O)CCn1cc(Br)c([N+](=O)[O-])n1. The molecule has 1 N–H and O–H groups in total. The third-order valence-corrected chi connectivity index (χ3v) is 5.14. The van der Waals surface area contributed by atoms with E-state index in [9.17, 15) is 14.9 Å². The molecule has 0 aliphatic carbocycles. The van der Waals surface area contributed by atoms with Gasteiger partial charge in [-0.3, -0.25) is 9.48 Å². The van der Waals surface area contributed by atoms with E-state index in [1.165, 1.54) is 10.9 Å². The van der Waals surface area contributed by atoms with Gasteiger partial charge >= 0.3 is 5.82 Å². The maximum Gasteiger partial charge on any atom is 0.404 e. The van der Waals surface area contributed by atoms with Crippen LogP contribution in [0.2, 0.25) is 5.02 Å². The molecule has 1 aromatic carbocycles. The Bertz CT molecular complexity index is 1060. The normalized spacial score (nSPS) is 10.9. The number of hydrogen-bond donors (Lipinski definition) is 1. The molecule has 29 heavy (non-hydrogen) atoms. The van der Waals surface area contributed by atoms with Crippen LogP contribution in [0.1, 0.15) is 23.4 Å². The Kier molecular flexibility index (Phi) is 6.33. The predicted molar refractivity (Wildman–Crippen MR) is 112 cm³/mol. The second-order valence-corrected chi connectivity index (χ2v) is 7.74. The standard InChI is InChI=1S/C18H18BrClN6O3/c1-11-17(12(2)25(22-11)9-13-3-5-14(20)6-4-13)21-16(27)7-8-24-10-15(19)18(23-24)26(28)29/h3-6,10H,7-9H2,1-2H3,(H,21,27). The van der Waals surface area contributed by atoms with E-state index in [1.54, 1.807) is 0 Å². The number of hydrogen-bond acceptors (Lipinski definition) is 5. The van der Waals surface area contributed by atoms with E-state index in [0.29, 0.717) is 22.9 Å². The summed E-state index contributed by atoms with van der Waals surface area (Å²) in [6, 6.07) is 7.50. The van der Waals surface area contributed by atoms with Crippen molar-refractivity contribution in [3.63, 3.8) is 0 Å². The van der Waals surface area contributed by atoms with Crippen molar-refractivity contribution < 1.29 is 9.72 Å². The minimum atomic E-state index is -0.581. The third kappa shape index (κ3) is 5.01. The number of carbonyl (C=O) groups is 1. The lowest BCUT2D eigenvalue weighted by Crippen LogP contribution is -2.16. The first-order chi connectivity index (χ1) is 13.7. The van der Waals surface area contributed by atoms with Crippen LogP contribution in [0, 0.1) is 24.0 Å². The minimum Gasteiger partial charge on any atom is -0.358 e. The number of rotatable bonds is 7. The van der Waals surface area contributed by atoms with Gasteiger partial charge in [0, 0.05) is 11.4 Å².